The highest BCUT2D eigenvalue weighted by Gasteiger charge is 2.08. The van der Waals surface area contributed by atoms with Gasteiger partial charge in [-0.3, -0.25) is 9.59 Å². The van der Waals surface area contributed by atoms with Crippen LogP contribution in [0.5, 0.6) is 0 Å². The molecule has 23 heavy (non-hydrogen) atoms. The lowest BCUT2D eigenvalue weighted by molar-refractivity contribution is -0.120. The summed E-state index contributed by atoms with van der Waals surface area (Å²) in [4.78, 5) is 26.9. The van der Waals surface area contributed by atoms with Crippen molar-refractivity contribution < 1.29 is 9.59 Å². The summed E-state index contributed by atoms with van der Waals surface area (Å²) in [5, 5.41) is 6.50. The maximum absolute atomic E-state index is 11.9. The van der Waals surface area contributed by atoms with E-state index in [1.54, 1.807) is 24.3 Å². The second kappa shape index (κ2) is 6.79. The molecule has 0 saturated heterocycles. The molecule has 0 aliphatic rings. The number of nitrogens with one attached hydrogen (secondary N) is 3. The zero-order valence-corrected chi connectivity index (χ0v) is 12.5. The quantitative estimate of drug-likeness (QED) is 0.676. The summed E-state index contributed by atoms with van der Waals surface area (Å²) in [7, 11) is 0. The van der Waals surface area contributed by atoms with E-state index < -0.39 is 0 Å². The van der Waals surface area contributed by atoms with Crippen molar-refractivity contribution in [2.75, 3.05) is 6.54 Å². The first kappa shape index (κ1) is 14.8. The highest BCUT2D eigenvalue weighted by atomic mass is 16.2. The molecule has 0 fully saturated rings. The van der Waals surface area contributed by atoms with Crippen molar-refractivity contribution in [2.24, 2.45) is 0 Å². The number of amides is 2. The van der Waals surface area contributed by atoms with Gasteiger partial charge < -0.3 is 15.6 Å². The number of carbonyl (C=O) groups excluding carboxylic acids is 2. The summed E-state index contributed by atoms with van der Waals surface area (Å²) in [5.74, 6) is -0.479. The van der Waals surface area contributed by atoms with E-state index in [0.717, 1.165) is 16.5 Å². The Morgan fingerprint density at radius 1 is 0.913 bits per heavy atom. The molecule has 116 valence electrons. The standard InChI is InChI=1S/C18H17N3O2/c22-17(12-21-18(23)13-6-2-1-3-7-13)20-11-14-10-19-16-9-5-4-8-15(14)16/h1-10,19H,11-12H2,(H,20,22)(H,21,23). The number of fused-ring (bicyclic) bond motifs is 1. The first-order valence-electron chi connectivity index (χ1n) is 7.39. The molecule has 0 aliphatic heterocycles. The van der Waals surface area contributed by atoms with Crippen LogP contribution in [-0.2, 0) is 11.3 Å². The van der Waals surface area contributed by atoms with Crippen molar-refractivity contribution in [2.45, 2.75) is 6.54 Å². The molecule has 3 N–H and O–H groups in total. The molecule has 0 unspecified atom stereocenters. The zero-order chi connectivity index (χ0) is 16.1. The van der Waals surface area contributed by atoms with Crippen LogP contribution in [0, 0.1) is 0 Å². The van der Waals surface area contributed by atoms with Gasteiger partial charge in [0, 0.05) is 29.2 Å². The van der Waals surface area contributed by atoms with Gasteiger partial charge in [-0.2, -0.15) is 0 Å². The average molecular weight is 307 g/mol. The number of hydrogen-bond donors (Lipinski definition) is 3. The van der Waals surface area contributed by atoms with Gasteiger partial charge in [-0.05, 0) is 23.8 Å². The van der Waals surface area contributed by atoms with Gasteiger partial charge in [0.05, 0.1) is 6.54 Å². The summed E-state index contributed by atoms with van der Waals surface area (Å²) >= 11 is 0. The third kappa shape index (κ3) is 3.58. The summed E-state index contributed by atoms with van der Waals surface area (Å²) in [6, 6.07) is 16.7. The van der Waals surface area contributed by atoms with Crippen LogP contribution in [0.15, 0.2) is 60.8 Å². The van der Waals surface area contributed by atoms with E-state index in [2.05, 4.69) is 15.6 Å². The van der Waals surface area contributed by atoms with Crippen LogP contribution in [0.1, 0.15) is 15.9 Å². The lowest BCUT2D eigenvalue weighted by Crippen LogP contribution is -2.36. The Morgan fingerprint density at radius 2 is 1.65 bits per heavy atom. The lowest BCUT2D eigenvalue weighted by atomic mass is 10.2. The Kier molecular flexibility index (Phi) is 4.38. The molecule has 1 aromatic heterocycles. The molecule has 0 atom stereocenters. The number of H-pyrrole nitrogens is 1. The molecular formula is C18H17N3O2. The molecule has 0 radical (unpaired) electrons. The maximum Gasteiger partial charge on any atom is 0.251 e. The van der Waals surface area contributed by atoms with E-state index in [0.29, 0.717) is 12.1 Å². The fourth-order valence-electron chi connectivity index (χ4n) is 2.39. The Morgan fingerprint density at radius 3 is 2.48 bits per heavy atom. The Labute approximate surface area is 133 Å². The normalized spacial score (nSPS) is 10.4. The number of aromatic nitrogens is 1. The fraction of sp³-hybridized carbons (Fsp3) is 0.111. The largest absolute Gasteiger partial charge is 0.361 e. The predicted molar refractivity (Wildman–Crippen MR) is 88.9 cm³/mol. The minimum atomic E-state index is -0.257. The number of aromatic amines is 1. The van der Waals surface area contributed by atoms with E-state index in [1.165, 1.54) is 0 Å². The highest BCUT2D eigenvalue weighted by Crippen LogP contribution is 2.17. The predicted octanol–water partition coefficient (Wildman–Crippen LogP) is 2.21. The molecule has 0 aliphatic carbocycles. The maximum atomic E-state index is 11.9. The van der Waals surface area contributed by atoms with Gasteiger partial charge in [-0.15, -0.1) is 0 Å². The summed E-state index contributed by atoms with van der Waals surface area (Å²) in [6.45, 7) is 0.375. The fourth-order valence-corrected chi connectivity index (χ4v) is 2.39. The minimum absolute atomic E-state index is 0.0456. The second-order valence-corrected chi connectivity index (χ2v) is 5.18. The van der Waals surface area contributed by atoms with E-state index in [1.807, 2.05) is 36.5 Å². The van der Waals surface area contributed by atoms with Gasteiger partial charge in [0.15, 0.2) is 0 Å². The first-order valence-corrected chi connectivity index (χ1v) is 7.39. The van der Waals surface area contributed by atoms with Gasteiger partial charge in [0.1, 0.15) is 0 Å². The number of hydrogen-bond acceptors (Lipinski definition) is 2. The highest BCUT2D eigenvalue weighted by molar-refractivity contribution is 5.96. The van der Waals surface area contributed by atoms with Crippen molar-refractivity contribution in [1.29, 1.82) is 0 Å². The molecule has 0 saturated carbocycles. The lowest BCUT2D eigenvalue weighted by Gasteiger charge is -2.06. The van der Waals surface area contributed by atoms with Crippen LogP contribution in [0.4, 0.5) is 0 Å². The molecule has 2 aromatic carbocycles. The van der Waals surface area contributed by atoms with Crippen LogP contribution >= 0.6 is 0 Å². The van der Waals surface area contributed by atoms with Gasteiger partial charge >= 0.3 is 0 Å². The molecule has 0 spiro atoms. The van der Waals surface area contributed by atoms with Gasteiger partial charge in [0.2, 0.25) is 5.91 Å². The Balaban J connectivity index is 1.51. The van der Waals surface area contributed by atoms with E-state index >= 15 is 0 Å². The Hall–Kier alpha value is -3.08. The van der Waals surface area contributed by atoms with Crippen LogP contribution in [0.3, 0.4) is 0 Å². The van der Waals surface area contributed by atoms with Gasteiger partial charge in [-0.25, -0.2) is 0 Å². The van der Waals surface area contributed by atoms with Crippen molar-refractivity contribution in [3.63, 3.8) is 0 Å². The van der Waals surface area contributed by atoms with Crippen LogP contribution in [0.2, 0.25) is 0 Å². The Bertz CT molecular complexity index is 824. The molecule has 2 amide bonds. The summed E-state index contributed by atoms with van der Waals surface area (Å²) in [6.07, 6.45) is 1.88. The zero-order valence-electron chi connectivity index (χ0n) is 12.5. The number of rotatable bonds is 5. The van der Waals surface area contributed by atoms with E-state index in [9.17, 15) is 9.59 Å². The van der Waals surface area contributed by atoms with Crippen molar-refractivity contribution in [3.05, 3.63) is 71.9 Å². The first-order chi connectivity index (χ1) is 11.2. The molecule has 5 heteroatoms. The number of benzene rings is 2. The minimum Gasteiger partial charge on any atom is -0.361 e. The number of para-hydroxylation sites is 1. The van der Waals surface area contributed by atoms with E-state index in [-0.39, 0.29) is 18.4 Å². The number of carbonyl (C=O) groups is 2. The third-order valence-corrected chi connectivity index (χ3v) is 3.60. The van der Waals surface area contributed by atoms with Crippen LogP contribution in [-0.4, -0.2) is 23.3 Å². The van der Waals surface area contributed by atoms with Crippen molar-refractivity contribution >= 4 is 22.7 Å². The topological polar surface area (TPSA) is 74.0 Å². The molecule has 3 rings (SSSR count). The van der Waals surface area contributed by atoms with Crippen molar-refractivity contribution in [3.8, 4) is 0 Å². The monoisotopic (exact) mass is 307 g/mol. The van der Waals surface area contributed by atoms with E-state index in [4.69, 9.17) is 0 Å². The van der Waals surface area contributed by atoms with Crippen LogP contribution < -0.4 is 10.6 Å². The van der Waals surface area contributed by atoms with Crippen molar-refractivity contribution in [1.82, 2.24) is 15.6 Å². The van der Waals surface area contributed by atoms with Gasteiger partial charge in [0.25, 0.3) is 5.91 Å². The molecule has 0 bridgehead atoms. The van der Waals surface area contributed by atoms with Crippen LogP contribution in [0.25, 0.3) is 10.9 Å². The second-order valence-electron chi connectivity index (χ2n) is 5.18. The molecule has 3 aromatic rings. The molecule has 1 heterocycles. The summed E-state index contributed by atoms with van der Waals surface area (Å²) in [5.41, 5.74) is 2.59. The van der Waals surface area contributed by atoms with Gasteiger partial charge in [-0.1, -0.05) is 36.4 Å². The third-order valence-electron chi connectivity index (χ3n) is 3.60. The smallest absolute Gasteiger partial charge is 0.251 e. The molecule has 5 nitrogen and oxygen atoms in total. The summed E-state index contributed by atoms with van der Waals surface area (Å²) < 4.78 is 0. The average Bonchev–Trinajstić information content (AvgIpc) is 3.02. The SMILES string of the molecule is O=C(CNC(=O)c1ccccc1)NCc1c[nH]c2ccccc12. The molecular weight excluding hydrogens is 290 g/mol.